The highest BCUT2D eigenvalue weighted by Gasteiger charge is 2.27. The first kappa shape index (κ1) is 13.9. The summed E-state index contributed by atoms with van der Waals surface area (Å²) in [6.07, 6.45) is 2.55. The van der Waals surface area contributed by atoms with Crippen molar-refractivity contribution in [2.75, 3.05) is 11.4 Å². The molecular formula is C17H20N2O2. The summed E-state index contributed by atoms with van der Waals surface area (Å²) < 4.78 is 0. The first-order valence-electron chi connectivity index (χ1n) is 7.46. The molecule has 0 atom stereocenters. The molecule has 0 unspecified atom stereocenters. The van der Waals surface area contributed by atoms with E-state index < -0.39 is 5.97 Å². The monoisotopic (exact) mass is 284 g/mol. The Balaban J connectivity index is 2.14. The van der Waals surface area contributed by atoms with Crippen molar-refractivity contribution in [1.29, 1.82) is 0 Å². The number of aromatic nitrogens is 1. The van der Waals surface area contributed by atoms with E-state index in [1.54, 1.807) is 6.07 Å². The number of carboxylic acid groups (broad SMARTS) is 1. The van der Waals surface area contributed by atoms with E-state index in [-0.39, 0.29) is 5.69 Å². The van der Waals surface area contributed by atoms with E-state index in [1.165, 1.54) is 12.8 Å². The number of para-hydroxylation sites is 1. The average molecular weight is 284 g/mol. The number of benzene rings is 1. The van der Waals surface area contributed by atoms with Crippen molar-refractivity contribution in [3.8, 4) is 0 Å². The molecule has 0 bridgehead atoms. The minimum absolute atomic E-state index is 0.116. The average Bonchev–Trinajstić information content (AvgIpc) is 3.27. The maximum atomic E-state index is 11.3. The minimum Gasteiger partial charge on any atom is -0.477 e. The molecule has 21 heavy (non-hydrogen) atoms. The van der Waals surface area contributed by atoms with Crippen LogP contribution in [0.25, 0.3) is 10.9 Å². The molecule has 1 aliphatic carbocycles. The molecule has 0 saturated heterocycles. The number of aromatic carboxylic acids is 1. The van der Waals surface area contributed by atoms with Crippen LogP contribution in [0.1, 0.15) is 37.2 Å². The van der Waals surface area contributed by atoms with Gasteiger partial charge in [0, 0.05) is 23.7 Å². The third kappa shape index (κ3) is 2.84. The molecule has 1 aromatic heterocycles. The molecule has 0 aliphatic heterocycles. The van der Waals surface area contributed by atoms with Gasteiger partial charge in [0.15, 0.2) is 5.69 Å². The fourth-order valence-corrected chi connectivity index (χ4v) is 2.67. The SMILES string of the molecule is CC(C)N(CC1CC1)c1cc(C(=O)O)nc2ccccc12. The molecule has 4 heteroatoms. The Kier molecular flexibility index (Phi) is 3.53. The van der Waals surface area contributed by atoms with Crippen LogP contribution in [0.2, 0.25) is 0 Å². The second-order valence-corrected chi connectivity index (χ2v) is 6.04. The van der Waals surface area contributed by atoms with Crippen LogP contribution in [0.5, 0.6) is 0 Å². The number of nitrogens with zero attached hydrogens (tertiary/aromatic N) is 2. The van der Waals surface area contributed by atoms with Crippen molar-refractivity contribution in [3.05, 3.63) is 36.0 Å². The van der Waals surface area contributed by atoms with E-state index in [1.807, 2.05) is 24.3 Å². The number of carbonyl (C=O) groups is 1. The van der Waals surface area contributed by atoms with Gasteiger partial charge in [-0.15, -0.1) is 0 Å². The number of hydrogen-bond acceptors (Lipinski definition) is 3. The van der Waals surface area contributed by atoms with Crippen LogP contribution in [0, 0.1) is 5.92 Å². The molecule has 1 N–H and O–H groups in total. The molecule has 0 radical (unpaired) electrons. The van der Waals surface area contributed by atoms with E-state index in [2.05, 4.69) is 23.7 Å². The van der Waals surface area contributed by atoms with Crippen molar-refractivity contribution in [3.63, 3.8) is 0 Å². The van der Waals surface area contributed by atoms with Gasteiger partial charge in [0.05, 0.1) is 5.52 Å². The van der Waals surface area contributed by atoms with Crippen molar-refractivity contribution < 1.29 is 9.90 Å². The van der Waals surface area contributed by atoms with Crippen molar-refractivity contribution in [1.82, 2.24) is 4.98 Å². The first-order chi connectivity index (χ1) is 10.1. The highest BCUT2D eigenvalue weighted by Crippen LogP contribution is 2.35. The number of rotatable bonds is 5. The fraction of sp³-hybridized carbons (Fsp3) is 0.412. The van der Waals surface area contributed by atoms with Gasteiger partial charge in [-0.05, 0) is 44.7 Å². The van der Waals surface area contributed by atoms with E-state index in [4.69, 9.17) is 0 Å². The summed E-state index contributed by atoms with van der Waals surface area (Å²) >= 11 is 0. The summed E-state index contributed by atoms with van der Waals surface area (Å²) in [5, 5.41) is 10.3. The predicted octanol–water partition coefficient (Wildman–Crippen LogP) is 3.56. The van der Waals surface area contributed by atoms with E-state index >= 15 is 0 Å². The van der Waals surface area contributed by atoms with Crippen LogP contribution in [-0.2, 0) is 0 Å². The van der Waals surface area contributed by atoms with Gasteiger partial charge in [0.25, 0.3) is 0 Å². The lowest BCUT2D eigenvalue weighted by Gasteiger charge is -2.30. The maximum Gasteiger partial charge on any atom is 0.354 e. The summed E-state index contributed by atoms with van der Waals surface area (Å²) in [4.78, 5) is 17.9. The summed E-state index contributed by atoms with van der Waals surface area (Å²) in [6, 6.07) is 9.81. The third-order valence-corrected chi connectivity index (χ3v) is 4.00. The van der Waals surface area contributed by atoms with Gasteiger partial charge in [-0.3, -0.25) is 0 Å². The van der Waals surface area contributed by atoms with Gasteiger partial charge in [-0.1, -0.05) is 18.2 Å². The molecule has 1 fully saturated rings. The molecule has 1 saturated carbocycles. The van der Waals surface area contributed by atoms with Crippen LogP contribution in [0.15, 0.2) is 30.3 Å². The summed E-state index contributed by atoms with van der Waals surface area (Å²) in [6.45, 7) is 5.29. The molecule has 0 spiro atoms. The molecule has 3 rings (SSSR count). The summed E-state index contributed by atoms with van der Waals surface area (Å²) in [5.74, 6) is -0.232. The standard InChI is InChI=1S/C17H20N2O2/c1-11(2)19(10-12-7-8-12)16-9-15(17(20)21)18-14-6-4-3-5-13(14)16/h3-6,9,11-12H,7-8,10H2,1-2H3,(H,20,21). The van der Waals surface area contributed by atoms with Crippen LogP contribution in [-0.4, -0.2) is 28.6 Å². The molecule has 1 heterocycles. The Morgan fingerprint density at radius 3 is 2.71 bits per heavy atom. The lowest BCUT2D eigenvalue weighted by Crippen LogP contribution is -2.33. The highest BCUT2D eigenvalue weighted by molar-refractivity contribution is 5.97. The van der Waals surface area contributed by atoms with E-state index in [9.17, 15) is 9.90 Å². The van der Waals surface area contributed by atoms with Crippen LogP contribution < -0.4 is 4.90 Å². The van der Waals surface area contributed by atoms with Crippen molar-refractivity contribution in [2.45, 2.75) is 32.7 Å². The van der Waals surface area contributed by atoms with Gasteiger partial charge < -0.3 is 10.0 Å². The molecule has 110 valence electrons. The largest absolute Gasteiger partial charge is 0.477 e. The second kappa shape index (κ2) is 5.35. The Bertz CT molecular complexity index is 678. The highest BCUT2D eigenvalue weighted by atomic mass is 16.4. The lowest BCUT2D eigenvalue weighted by molar-refractivity contribution is 0.0691. The first-order valence-corrected chi connectivity index (χ1v) is 7.46. The number of pyridine rings is 1. The van der Waals surface area contributed by atoms with Gasteiger partial charge >= 0.3 is 5.97 Å². The number of fused-ring (bicyclic) bond motifs is 1. The lowest BCUT2D eigenvalue weighted by atomic mass is 10.1. The Labute approximate surface area is 124 Å². The minimum atomic E-state index is -0.975. The van der Waals surface area contributed by atoms with E-state index in [0.29, 0.717) is 6.04 Å². The van der Waals surface area contributed by atoms with Crippen molar-refractivity contribution in [2.24, 2.45) is 5.92 Å². The zero-order valence-corrected chi connectivity index (χ0v) is 12.4. The van der Waals surface area contributed by atoms with Gasteiger partial charge in [0.2, 0.25) is 0 Å². The van der Waals surface area contributed by atoms with E-state index in [0.717, 1.165) is 29.1 Å². The Morgan fingerprint density at radius 1 is 1.38 bits per heavy atom. The molecular weight excluding hydrogens is 264 g/mol. The van der Waals surface area contributed by atoms with Crippen LogP contribution >= 0.6 is 0 Å². The summed E-state index contributed by atoms with van der Waals surface area (Å²) in [5.41, 5.74) is 1.85. The van der Waals surface area contributed by atoms with Gasteiger partial charge in [-0.2, -0.15) is 0 Å². The fourth-order valence-electron chi connectivity index (χ4n) is 2.67. The summed E-state index contributed by atoms with van der Waals surface area (Å²) in [7, 11) is 0. The normalized spacial score (nSPS) is 14.6. The Morgan fingerprint density at radius 2 is 2.10 bits per heavy atom. The van der Waals surface area contributed by atoms with Gasteiger partial charge in [0.1, 0.15) is 0 Å². The molecule has 1 aliphatic rings. The van der Waals surface area contributed by atoms with Gasteiger partial charge in [-0.25, -0.2) is 9.78 Å². The van der Waals surface area contributed by atoms with Crippen molar-refractivity contribution >= 4 is 22.6 Å². The van der Waals surface area contributed by atoms with Crippen LogP contribution in [0.4, 0.5) is 5.69 Å². The molecule has 0 amide bonds. The molecule has 1 aromatic carbocycles. The zero-order valence-electron chi connectivity index (χ0n) is 12.4. The predicted molar refractivity (Wildman–Crippen MR) is 83.9 cm³/mol. The zero-order chi connectivity index (χ0) is 15.0. The molecule has 2 aromatic rings. The quantitative estimate of drug-likeness (QED) is 0.912. The number of carboxylic acids is 1. The maximum absolute atomic E-state index is 11.3. The third-order valence-electron chi connectivity index (χ3n) is 4.00. The number of anilines is 1. The van der Waals surface area contributed by atoms with Crippen LogP contribution in [0.3, 0.4) is 0 Å². The topological polar surface area (TPSA) is 53.4 Å². The molecule has 4 nitrogen and oxygen atoms in total. The second-order valence-electron chi connectivity index (χ2n) is 6.04. The number of hydrogen-bond donors (Lipinski definition) is 1. The Hall–Kier alpha value is -2.10. The smallest absolute Gasteiger partial charge is 0.354 e.